The fourth-order valence-electron chi connectivity index (χ4n) is 4.62. The molecule has 0 saturated heterocycles. The van der Waals surface area contributed by atoms with Crippen LogP contribution in [0, 0.1) is 19.8 Å². The maximum Gasteiger partial charge on any atom is 0.408 e. The van der Waals surface area contributed by atoms with Crippen molar-refractivity contribution >= 4 is 17.9 Å². The van der Waals surface area contributed by atoms with Crippen molar-refractivity contribution in [2.75, 3.05) is 0 Å². The van der Waals surface area contributed by atoms with E-state index in [0.717, 1.165) is 35.1 Å². The summed E-state index contributed by atoms with van der Waals surface area (Å²) in [5.74, 6) is -0.155. The summed E-state index contributed by atoms with van der Waals surface area (Å²) in [6.45, 7) is 17.5. The first-order valence-corrected chi connectivity index (χ1v) is 13.9. The van der Waals surface area contributed by atoms with E-state index in [9.17, 15) is 14.4 Å². The van der Waals surface area contributed by atoms with Gasteiger partial charge in [0.25, 0.3) is 0 Å². The van der Waals surface area contributed by atoms with Crippen molar-refractivity contribution < 1.29 is 19.1 Å². The number of carbonyl (C=O) groups excluding carboxylic acids is 3. The van der Waals surface area contributed by atoms with Gasteiger partial charge in [0.05, 0.1) is 0 Å². The van der Waals surface area contributed by atoms with Crippen LogP contribution in [0.5, 0.6) is 0 Å². The van der Waals surface area contributed by atoms with Gasteiger partial charge in [-0.2, -0.15) is 0 Å². The van der Waals surface area contributed by atoms with Crippen LogP contribution in [-0.2, 0) is 20.9 Å². The van der Waals surface area contributed by atoms with Gasteiger partial charge in [0.15, 0.2) is 0 Å². The van der Waals surface area contributed by atoms with Gasteiger partial charge < -0.3 is 20.3 Å². The Bertz CT molecular complexity index is 1090. The van der Waals surface area contributed by atoms with Gasteiger partial charge in [-0.15, -0.1) is 0 Å². The molecule has 2 N–H and O–H groups in total. The van der Waals surface area contributed by atoms with E-state index in [1.54, 1.807) is 32.6 Å². The Balaban J connectivity index is 2.52. The van der Waals surface area contributed by atoms with Gasteiger partial charge in [0.1, 0.15) is 17.7 Å². The van der Waals surface area contributed by atoms with Crippen molar-refractivity contribution in [1.82, 2.24) is 15.5 Å². The summed E-state index contributed by atoms with van der Waals surface area (Å²) < 4.78 is 5.40. The lowest BCUT2D eigenvalue weighted by molar-refractivity contribution is -0.145. The molecule has 3 unspecified atom stereocenters. The molecular formula is C32H47N3O4. The Labute approximate surface area is 234 Å². The van der Waals surface area contributed by atoms with Crippen LogP contribution in [0.25, 0.3) is 0 Å². The molecule has 0 saturated carbocycles. The average Bonchev–Trinajstić information content (AvgIpc) is 2.84. The minimum atomic E-state index is -0.893. The van der Waals surface area contributed by atoms with Crippen LogP contribution in [-0.4, -0.2) is 40.5 Å². The number of amides is 3. The highest BCUT2D eigenvalue weighted by molar-refractivity contribution is 5.92. The summed E-state index contributed by atoms with van der Waals surface area (Å²) in [6.07, 6.45) is 0.940. The third-order valence-corrected chi connectivity index (χ3v) is 6.65. The van der Waals surface area contributed by atoms with E-state index in [2.05, 4.69) is 24.5 Å². The highest BCUT2D eigenvalue weighted by Gasteiger charge is 2.38. The van der Waals surface area contributed by atoms with Gasteiger partial charge >= 0.3 is 6.09 Å². The summed E-state index contributed by atoms with van der Waals surface area (Å²) in [5.41, 5.74) is 2.93. The van der Waals surface area contributed by atoms with E-state index in [4.69, 9.17) is 4.74 Å². The van der Waals surface area contributed by atoms with E-state index in [1.165, 1.54) is 0 Å². The van der Waals surface area contributed by atoms with Crippen LogP contribution in [0.2, 0.25) is 0 Å². The van der Waals surface area contributed by atoms with Crippen molar-refractivity contribution in [1.29, 1.82) is 0 Å². The Morgan fingerprint density at radius 3 is 2.00 bits per heavy atom. The zero-order valence-electron chi connectivity index (χ0n) is 25.1. The lowest BCUT2D eigenvalue weighted by Crippen LogP contribution is -2.55. The summed E-state index contributed by atoms with van der Waals surface area (Å²) in [6, 6.07) is 13.6. The van der Waals surface area contributed by atoms with Crippen LogP contribution >= 0.6 is 0 Å². The first-order chi connectivity index (χ1) is 18.2. The number of rotatable bonds is 11. The zero-order chi connectivity index (χ0) is 29.3. The molecule has 214 valence electrons. The topological polar surface area (TPSA) is 87.7 Å². The second-order valence-corrected chi connectivity index (χ2v) is 11.8. The molecule has 2 rings (SSSR count). The number of hydrogen-bond acceptors (Lipinski definition) is 4. The Hall–Kier alpha value is -3.35. The first kappa shape index (κ1) is 31.9. The van der Waals surface area contributed by atoms with Gasteiger partial charge in [0.2, 0.25) is 11.8 Å². The van der Waals surface area contributed by atoms with Gasteiger partial charge in [-0.3, -0.25) is 9.59 Å². The van der Waals surface area contributed by atoms with Crippen molar-refractivity contribution in [3.63, 3.8) is 0 Å². The largest absolute Gasteiger partial charge is 0.444 e. The van der Waals surface area contributed by atoms with Crippen LogP contribution in [0.3, 0.4) is 0 Å². The third-order valence-electron chi connectivity index (χ3n) is 6.65. The minimum Gasteiger partial charge on any atom is -0.444 e. The minimum absolute atomic E-state index is 0.255. The van der Waals surface area contributed by atoms with Crippen molar-refractivity contribution in [3.8, 4) is 0 Å². The molecule has 0 bridgehead atoms. The average molecular weight is 538 g/mol. The number of hydrogen-bond donors (Lipinski definition) is 2. The van der Waals surface area contributed by atoms with Gasteiger partial charge in [-0.25, -0.2) is 4.79 Å². The smallest absolute Gasteiger partial charge is 0.408 e. The fourth-order valence-corrected chi connectivity index (χ4v) is 4.62. The van der Waals surface area contributed by atoms with Crippen LogP contribution in [0.15, 0.2) is 48.5 Å². The van der Waals surface area contributed by atoms with Gasteiger partial charge in [-0.1, -0.05) is 62.4 Å². The Kier molecular flexibility index (Phi) is 11.6. The number of ether oxygens (including phenoxy) is 1. The molecule has 39 heavy (non-hydrogen) atoms. The van der Waals surface area contributed by atoms with Crippen LogP contribution < -0.4 is 10.6 Å². The molecule has 7 nitrogen and oxygen atoms in total. The van der Waals surface area contributed by atoms with E-state index >= 15 is 0 Å². The number of aryl methyl sites for hydroxylation is 2. The second kappa shape index (κ2) is 14.2. The number of nitrogens with zero attached hydrogens (tertiary/aromatic N) is 1. The second-order valence-electron chi connectivity index (χ2n) is 11.8. The molecule has 0 radical (unpaired) electrons. The van der Waals surface area contributed by atoms with Crippen molar-refractivity contribution in [2.24, 2.45) is 5.92 Å². The molecule has 2 aromatic rings. The number of nitrogens with one attached hydrogen (secondary N) is 2. The maximum absolute atomic E-state index is 14.1. The standard InChI is InChI=1S/C32H47N3O4/c1-21(2)18-19-24(5)35(30(37)25(6)34-31(38)39-32(7,8)9)28(27-22(3)14-13-15-23(27)4)29(36)33-20-26-16-11-10-12-17-26/h10-17,21,24-25,28H,18-20H2,1-9H3,(H,33,36)(H,34,38). The highest BCUT2D eigenvalue weighted by Crippen LogP contribution is 2.31. The van der Waals surface area contributed by atoms with E-state index in [-0.39, 0.29) is 17.9 Å². The third kappa shape index (κ3) is 9.72. The summed E-state index contributed by atoms with van der Waals surface area (Å²) >= 11 is 0. The Morgan fingerprint density at radius 2 is 1.46 bits per heavy atom. The molecule has 2 aromatic carbocycles. The number of alkyl carbamates (subject to hydrolysis) is 1. The summed E-state index contributed by atoms with van der Waals surface area (Å²) in [5, 5.41) is 5.76. The molecule has 0 heterocycles. The molecule has 0 fully saturated rings. The van der Waals surface area contributed by atoms with Crippen LogP contribution in [0.1, 0.15) is 89.6 Å². The van der Waals surface area contributed by atoms with E-state index < -0.39 is 23.8 Å². The first-order valence-electron chi connectivity index (χ1n) is 13.9. The lowest BCUT2D eigenvalue weighted by Gasteiger charge is -2.39. The van der Waals surface area contributed by atoms with Crippen molar-refractivity contribution in [3.05, 3.63) is 70.8 Å². The molecular weight excluding hydrogens is 490 g/mol. The predicted molar refractivity (Wildman–Crippen MR) is 156 cm³/mol. The SMILES string of the molecule is Cc1cccc(C)c1C(C(=O)NCc1ccccc1)N(C(=O)C(C)NC(=O)OC(C)(C)C)C(C)CCC(C)C. The molecule has 0 aromatic heterocycles. The normalized spacial score (nSPS) is 13.8. The summed E-state index contributed by atoms with van der Waals surface area (Å²) in [4.78, 5) is 42.4. The van der Waals surface area contributed by atoms with Crippen molar-refractivity contribution in [2.45, 2.75) is 105 Å². The van der Waals surface area contributed by atoms with Gasteiger partial charge in [0, 0.05) is 12.6 Å². The van der Waals surface area contributed by atoms with Gasteiger partial charge in [-0.05, 0) is 89.5 Å². The molecule has 0 aliphatic carbocycles. The van der Waals surface area contributed by atoms with E-state index in [1.807, 2.05) is 69.3 Å². The molecule has 3 atom stereocenters. The molecule has 3 amide bonds. The Morgan fingerprint density at radius 1 is 0.872 bits per heavy atom. The molecule has 0 aliphatic rings. The van der Waals surface area contributed by atoms with E-state index in [0.29, 0.717) is 12.5 Å². The molecule has 7 heteroatoms. The summed E-state index contributed by atoms with van der Waals surface area (Å²) in [7, 11) is 0. The molecule has 0 spiro atoms. The van der Waals surface area contributed by atoms with Crippen LogP contribution in [0.4, 0.5) is 4.79 Å². The monoisotopic (exact) mass is 537 g/mol. The maximum atomic E-state index is 14.1. The fraction of sp³-hybridized carbons (Fsp3) is 0.531. The molecule has 0 aliphatic heterocycles. The number of carbonyl (C=O) groups is 3. The lowest BCUT2D eigenvalue weighted by atomic mass is 9.91. The number of benzene rings is 2. The quantitative estimate of drug-likeness (QED) is 0.356. The zero-order valence-corrected chi connectivity index (χ0v) is 25.1. The highest BCUT2D eigenvalue weighted by atomic mass is 16.6. The predicted octanol–water partition coefficient (Wildman–Crippen LogP) is 6.23.